The van der Waals surface area contributed by atoms with Gasteiger partial charge in [0.1, 0.15) is 5.75 Å². The van der Waals surface area contributed by atoms with E-state index in [2.05, 4.69) is 0 Å². The zero-order valence-corrected chi connectivity index (χ0v) is 10.5. The average molecular weight is 264 g/mol. The third-order valence-electron chi connectivity index (χ3n) is 2.38. The van der Waals surface area contributed by atoms with Crippen LogP contribution < -0.4 is 4.74 Å². The number of carbonyl (C=O) groups is 1. The fraction of sp³-hybridized carbons (Fsp3) is 0.154. The van der Waals surface area contributed by atoms with Crippen molar-refractivity contribution in [3.63, 3.8) is 0 Å². The molecule has 1 aromatic carbocycles. The number of aliphatic carboxylic acids is 1. The molecule has 0 fully saturated rings. The van der Waals surface area contributed by atoms with Crippen LogP contribution in [0.3, 0.4) is 0 Å². The first-order valence-electron chi connectivity index (χ1n) is 5.28. The molecule has 0 aliphatic carbocycles. The maximum absolute atomic E-state index is 10.9. The Morgan fingerprint density at radius 3 is 2.61 bits per heavy atom. The number of rotatable bonds is 4. The molecule has 1 unspecified atom stereocenters. The molecule has 0 spiro atoms. The van der Waals surface area contributed by atoms with Gasteiger partial charge in [-0.3, -0.25) is 0 Å². The van der Waals surface area contributed by atoms with E-state index >= 15 is 0 Å². The van der Waals surface area contributed by atoms with E-state index in [-0.39, 0.29) is 0 Å². The lowest BCUT2D eigenvalue weighted by Crippen LogP contribution is -2.41. The molecule has 2 aromatic rings. The van der Waals surface area contributed by atoms with Gasteiger partial charge in [-0.1, -0.05) is 18.2 Å². The van der Waals surface area contributed by atoms with Crippen molar-refractivity contribution in [2.45, 2.75) is 12.7 Å². The predicted octanol–water partition coefficient (Wildman–Crippen LogP) is 2.59. The summed E-state index contributed by atoms with van der Waals surface area (Å²) in [5.74, 6) is -3.33. The number of hydrogen-bond acceptors (Lipinski definition) is 4. The summed E-state index contributed by atoms with van der Waals surface area (Å²) in [7, 11) is 0. The van der Waals surface area contributed by atoms with Crippen LogP contribution in [0.25, 0.3) is 10.4 Å². The minimum Gasteiger partial charge on any atom is -0.476 e. The Morgan fingerprint density at radius 1 is 1.28 bits per heavy atom. The van der Waals surface area contributed by atoms with Crippen LogP contribution in [0.4, 0.5) is 0 Å². The van der Waals surface area contributed by atoms with Crippen molar-refractivity contribution in [3.8, 4) is 16.2 Å². The maximum Gasteiger partial charge on any atom is 0.376 e. The van der Waals surface area contributed by atoms with Gasteiger partial charge in [0.05, 0.1) is 0 Å². The molecule has 0 saturated heterocycles. The highest BCUT2D eigenvalue weighted by atomic mass is 32.1. The van der Waals surface area contributed by atoms with Gasteiger partial charge in [-0.15, -0.1) is 11.3 Å². The minimum absolute atomic E-state index is 0.340. The summed E-state index contributed by atoms with van der Waals surface area (Å²) >= 11 is 1.52. The summed E-state index contributed by atoms with van der Waals surface area (Å²) in [6.07, 6.45) is 0. The molecule has 1 aromatic heterocycles. The fourth-order valence-corrected chi connectivity index (χ4v) is 2.21. The van der Waals surface area contributed by atoms with Gasteiger partial charge < -0.3 is 14.9 Å². The normalized spacial score (nSPS) is 13.9. The minimum atomic E-state index is -2.24. The number of aliphatic hydroxyl groups is 1. The summed E-state index contributed by atoms with van der Waals surface area (Å²) in [5.41, 5.74) is 0.758. The van der Waals surface area contributed by atoms with Crippen molar-refractivity contribution in [2.75, 3.05) is 0 Å². The van der Waals surface area contributed by atoms with Crippen LogP contribution in [0.15, 0.2) is 41.8 Å². The smallest absolute Gasteiger partial charge is 0.376 e. The van der Waals surface area contributed by atoms with Crippen LogP contribution in [-0.4, -0.2) is 22.0 Å². The molecule has 0 aliphatic heterocycles. The highest BCUT2D eigenvalue weighted by Crippen LogP contribution is 2.34. The first-order valence-corrected chi connectivity index (χ1v) is 6.16. The average Bonchev–Trinajstić information content (AvgIpc) is 2.82. The van der Waals surface area contributed by atoms with Gasteiger partial charge in [0.2, 0.25) is 0 Å². The highest BCUT2D eigenvalue weighted by Gasteiger charge is 2.33. The third-order valence-corrected chi connectivity index (χ3v) is 3.28. The highest BCUT2D eigenvalue weighted by molar-refractivity contribution is 7.13. The molecular formula is C13H12O4S. The van der Waals surface area contributed by atoms with Gasteiger partial charge in [-0.05, 0) is 23.6 Å². The molecule has 2 rings (SSSR count). The lowest BCUT2D eigenvalue weighted by Gasteiger charge is -2.21. The van der Waals surface area contributed by atoms with Crippen LogP contribution in [-0.2, 0) is 4.79 Å². The van der Waals surface area contributed by atoms with E-state index in [4.69, 9.17) is 9.84 Å². The summed E-state index contributed by atoms with van der Waals surface area (Å²) in [4.78, 5) is 11.8. The SMILES string of the molecule is CC(O)(Oc1ccccc1-c1cccs1)C(=O)O. The monoisotopic (exact) mass is 264 g/mol. The Labute approximate surface area is 108 Å². The topological polar surface area (TPSA) is 66.8 Å². The maximum atomic E-state index is 10.9. The first-order chi connectivity index (χ1) is 8.50. The van der Waals surface area contributed by atoms with E-state index in [0.717, 1.165) is 17.4 Å². The molecule has 0 radical (unpaired) electrons. The van der Waals surface area contributed by atoms with Gasteiger partial charge >= 0.3 is 11.8 Å². The molecule has 2 N–H and O–H groups in total. The molecule has 0 saturated carbocycles. The van der Waals surface area contributed by atoms with Crippen molar-refractivity contribution >= 4 is 17.3 Å². The predicted molar refractivity (Wildman–Crippen MR) is 68.6 cm³/mol. The standard InChI is InChI=1S/C13H12O4S/c1-13(16,12(14)15)17-10-6-3-2-5-9(10)11-7-4-8-18-11/h2-8,16H,1H3,(H,14,15). The van der Waals surface area contributed by atoms with E-state index in [1.807, 2.05) is 29.6 Å². The molecule has 4 nitrogen and oxygen atoms in total. The number of carboxylic acid groups (broad SMARTS) is 1. The fourth-order valence-electron chi connectivity index (χ4n) is 1.45. The van der Waals surface area contributed by atoms with Crippen molar-refractivity contribution < 1.29 is 19.7 Å². The van der Waals surface area contributed by atoms with E-state index in [1.54, 1.807) is 12.1 Å². The molecule has 0 aliphatic rings. The lowest BCUT2D eigenvalue weighted by molar-refractivity contribution is -0.188. The second-order valence-corrected chi connectivity index (χ2v) is 4.81. The van der Waals surface area contributed by atoms with Crippen molar-refractivity contribution in [1.29, 1.82) is 0 Å². The Bertz CT molecular complexity index is 546. The summed E-state index contributed by atoms with van der Waals surface area (Å²) in [6, 6.07) is 10.8. The molecule has 94 valence electrons. The van der Waals surface area contributed by atoms with E-state index in [1.165, 1.54) is 11.3 Å². The van der Waals surface area contributed by atoms with Gasteiger partial charge in [-0.25, -0.2) is 4.79 Å². The molecule has 1 heterocycles. The van der Waals surface area contributed by atoms with Crippen LogP contribution in [0.5, 0.6) is 5.75 Å². The lowest BCUT2D eigenvalue weighted by atomic mass is 10.1. The van der Waals surface area contributed by atoms with Crippen LogP contribution in [0.2, 0.25) is 0 Å². The molecule has 0 bridgehead atoms. The van der Waals surface area contributed by atoms with E-state index < -0.39 is 11.8 Å². The summed E-state index contributed by atoms with van der Waals surface area (Å²) < 4.78 is 5.18. The second kappa shape index (κ2) is 4.80. The second-order valence-electron chi connectivity index (χ2n) is 3.86. The molecular weight excluding hydrogens is 252 g/mol. The van der Waals surface area contributed by atoms with Gasteiger partial charge in [0.15, 0.2) is 0 Å². The van der Waals surface area contributed by atoms with Crippen LogP contribution >= 0.6 is 11.3 Å². The van der Waals surface area contributed by atoms with Crippen LogP contribution in [0, 0.1) is 0 Å². The number of benzene rings is 1. The number of carboxylic acids is 1. The zero-order chi connectivity index (χ0) is 13.2. The number of ether oxygens (including phenoxy) is 1. The Hall–Kier alpha value is -1.85. The number of thiophene rings is 1. The molecule has 1 atom stereocenters. The van der Waals surface area contributed by atoms with Crippen LogP contribution in [0.1, 0.15) is 6.92 Å². The van der Waals surface area contributed by atoms with E-state index in [9.17, 15) is 9.90 Å². The Morgan fingerprint density at radius 2 is 2.00 bits per heavy atom. The van der Waals surface area contributed by atoms with E-state index in [0.29, 0.717) is 5.75 Å². The van der Waals surface area contributed by atoms with Gasteiger partial charge in [0, 0.05) is 17.4 Å². The largest absolute Gasteiger partial charge is 0.476 e. The Balaban J connectivity index is 2.38. The van der Waals surface area contributed by atoms with Crippen molar-refractivity contribution in [1.82, 2.24) is 0 Å². The number of hydrogen-bond donors (Lipinski definition) is 2. The molecule has 0 amide bonds. The van der Waals surface area contributed by atoms with Crippen molar-refractivity contribution in [3.05, 3.63) is 41.8 Å². The number of para-hydroxylation sites is 1. The first kappa shape index (κ1) is 12.6. The van der Waals surface area contributed by atoms with Crippen molar-refractivity contribution in [2.24, 2.45) is 0 Å². The summed E-state index contributed by atoms with van der Waals surface area (Å²) in [5, 5.41) is 20.4. The quantitative estimate of drug-likeness (QED) is 0.833. The van der Waals surface area contributed by atoms with Gasteiger partial charge in [0.25, 0.3) is 0 Å². The molecule has 18 heavy (non-hydrogen) atoms. The third kappa shape index (κ3) is 2.52. The summed E-state index contributed by atoms with van der Waals surface area (Å²) in [6.45, 7) is 1.10. The zero-order valence-electron chi connectivity index (χ0n) is 9.66. The Kier molecular flexibility index (Phi) is 3.36. The van der Waals surface area contributed by atoms with Gasteiger partial charge in [-0.2, -0.15) is 0 Å². The molecule has 5 heteroatoms.